The first-order valence-electron chi connectivity index (χ1n) is 4.87. The van der Waals surface area contributed by atoms with E-state index in [9.17, 15) is 4.79 Å². The van der Waals surface area contributed by atoms with Crippen molar-refractivity contribution in [3.63, 3.8) is 0 Å². The number of hydrogen-bond donors (Lipinski definition) is 1. The van der Waals surface area contributed by atoms with Crippen molar-refractivity contribution in [1.82, 2.24) is 10.4 Å². The van der Waals surface area contributed by atoms with Crippen LogP contribution in [0.25, 0.3) is 0 Å². The predicted octanol–water partition coefficient (Wildman–Crippen LogP) is 1.18. The van der Waals surface area contributed by atoms with Gasteiger partial charge >= 0.3 is 0 Å². The van der Waals surface area contributed by atoms with Crippen LogP contribution in [-0.4, -0.2) is 25.1 Å². The minimum atomic E-state index is 0.688. The molecule has 0 radical (unpaired) electrons. The van der Waals surface area contributed by atoms with Gasteiger partial charge in [0.2, 0.25) is 6.41 Å². The van der Waals surface area contributed by atoms with Gasteiger partial charge in [-0.25, -0.2) is 5.01 Å². The van der Waals surface area contributed by atoms with Crippen molar-refractivity contribution in [3.8, 4) is 5.75 Å². The summed E-state index contributed by atoms with van der Waals surface area (Å²) in [6.45, 7) is 3.45. The van der Waals surface area contributed by atoms with E-state index < -0.39 is 0 Å². The van der Waals surface area contributed by atoms with Crippen molar-refractivity contribution >= 4 is 6.41 Å². The van der Waals surface area contributed by atoms with Gasteiger partial charge < -0.3 is 4.74 Å². The lowest BCUT2D eigenvalue weighted by Gasteiger charge is -2.18. The summed E-state index contributed by atoms with van der Waals surface area (Å²) >= 11 is 0. The molecule has 1 aromatic carbocycles. The second-order valence-corrected chi connectivity index (χ2v) is 3.11. The van der Waals surface area contributed by atoms with Crippen molar-refractivity contribution in [2.75, 3.05) is 13.7 Å². The summed E-state index contributed by atoms with van der Waals surface area (Å²) in [4.78, 5) is 10.3. The molecule has 0 saturated carbocycles. The van der Waals surface area contributed by atoms with Crippen molar-refractivity contribution in [1.29, 1.82) is 0 Å². The molecule has 15 heavy (non-hydrogen) atoms. The molecule has 0 aliphatic heterocycles. The van der Waals surface area contributed by atoms with Crippen molar-refractivity contribution in [3.05, 3.63) is 29.8 Å². The standard InChI is InChI=1S/C11H16N2O2/c1-3-13(12-9-14)8-10-4-6-11(15-2)7-5-10/h4-7,9H,3,8H2,1-2H3,(H,12,14). The second-order valence-electron chi connectivity index (χ2n) is 3.11. The molecule has 4 nitrogen and oxygen atoms in total. The number of ether oxygens (including phenoxy) is 1. The van der Waals surface area contributed by atoms with E-state index in [-0.39, 0.29) is 0 Å². The van der Waals surface area contributed by atoms with Crippen LogP contribution >= 0.6 is 0 Å². The number of carbonyl (C=O) groups excluding carboxylic acids is 1. The molecule has 1 amide bonds. The fourth-order valence-electron chi connectivity index (χ4n) is 1.27. The highest BCUT2D eigenvalue weighted by Gasteiger charge is 2.01. The van der Waals surface area contributed by atoms with Crippen LogP contribution in [0.4, 0.5) is 0 Å². The Morgan fingerprint density at radius 2 is 2.07 bits per heavy atom. The Balaban J connectivity index is 2.58. The van der Waals surface area contributed by atoms with E-state index in [2.05, 4.69) is 5.43 Å². The molecule has 0 unspecified atom stereocenters. The number of methoxy groups -OCH3 is 1. The molecule has 0 fully saturated rings. The van der Waals surface area contributed by atoms with Crippen LogP contribution in [0.1, 0.15) is 12.5 Å². The SMILES string of the molecule is CCN(Cc1ccc(OC)cc1)NC=O. The fraction of sp³-hybridized carbons (Fsp3) is 0.364. The maximum absolute atomic E-state index is 10.3. The third-order valence-corrected chi connectivity index (χ3v) is 2.15. The Labute approximate surface area is 89.8 Å². The minimum absolute atomic E-state index is 0.688. The van der Waals surface area contributed by atoms with Gasteiger partial charge in [-0.2, -0.15) is 0 Å². The van der Waals surface area contributed by atoms with Crippen LogP contribution in [0.15, 0.2) is 24.3 Å². The largest absolute Gasteiger partial charge is 0.497 e. The molecule has 0 spiro atoms. The third-order valence-electron chi connectivity index (χ3n) is 2.15. The first kappa shape index (κ1) is 11.5. The fourth-order valence-corrected chi connectivity index (χ4v) is 1.27. The Bertz CT molecular complexity index is 298. The van der Waals surface area contributed by atoms with Gasteiger partial charge in [0.05, 0.1) is 7.11 Å². The van der Waals surface area contributed by atoms with Crippen LogP contribution in [0.2, 0.25) is 0 Å². The zero-order valence-corrected chi connectivity index (χ0v) is 9.06. The lowest BCUT2D eigenvalue weighted by molar-refractivity contribution is -0.113. The van der Waals surface area contributed by atoms with Gasteiger partial charge in [-0.05, 0) is 17.7 Å². The van der Waals surface area contributed by atoms with E-state index in [4.69, 9.17) is 4.74 Å². The number of rotatable bonds is 6. The van der Waals surface area contributed by atoms with Gasteiger partial charge in [-0.3, -0.25) is 10.2 Å². The molecule has 0 atom stereocenters. The first-order valence-corrected chi connectivity index (χ1v) is 4.87. The summed E-state index contributed by atoms with van der Waals surface area (Å²) in [6, 6.07) is 7.77. The normalized spacial score (nSPS) is 10.1. The molecular weight excluding hydrogens is 192 g/mol. The second kappa shape index (κ2) is 6.03. The lowest BCUT2D eigenvalue weighted by atomic mass is 10.2. The van der Waals surface area contributed by atoms with E-state index in [1.165, 1.54) is 0 Å². The summed E-state index contributed by atoms with van der Waals surface area (Å²) < 4.78 is 5.06. The lowest BCUT2D eigenvalue weighted by Crippen LogP contribution is -2.36. The Kier molecular flexibility index (Phi) is 4.63. The molecule has 0 aliphatic rings. The maximum atomic E-state index is 10.3. The predicted molar refractivity (Wildman–Crippen MR) is 58.3 cm³/mol. The van der Waals surface area contributed by atoms with E-state index in [0.29, 0.717) is 13.0 Å². The molecular formula is C11H16N2O2. The molecule has 4 heteroatoms. The van der Waals surface area contributed by atoms with Gasteiger partial charge in [0, 0.05) is 13.1 Å². The zero-order chi connectivity index (χ0) is 11.1. The van der Waals surface area contributed by atoms with E-state index in [1.807, 2.05) is 36.2 Å². The smallest absolute Gasteiger partial charge is 0.221 e. The molecule has 1 aromatic rings. The topological polar surface area (TPSA) is 41.6 Å². The highest BCUT2D eigenvalue weighted by molar-refractivity contribution is 5.45. The van der Waals surface area contributed by atoms with Gasteiger partial charge in [-0.1, -0.05) is 19.1 Å². The summed E-state index contributed by atoms with van der Waals surface area (Å²) in [7, 11) is 1.64. The summed E-state index contributed by atoms with van der Waals surface area (Å²) in [5.74, 6) is 0.838. The molecule has 1 rings (SSSR count). The summed E-state index contributed by atoms with van der Waals surface area (Å²) in [6.07, 6.45) is 0.688. The molecule has 0 aromatic heterocycles. The molecule has 0 heterocycles. The van der Waals surface area contributed by atoms with Crippen LogP contribution in [-0.2, 0) is 11.3 Å². The minimum Gasteiger partial charge on any atom is -0.497 e. The molecule has 0 bridgehead atoms. The third kappa shape index (κ3) is 3.59. The van der Waals surface area contributed by atoms with Crippen LogP contribution in [0.5, 0.6) is 5.75 Å². The number of hydrogen-bond acceptors (Lipinski definition) is 3. The molecule has 0 aliphatic carbocycles. The Hall–Kier alpha value is -1.55. The van der Waals surface area contributed by atoms with Crippen LogP contribution in [0, 0.1) is 0 Å². The number of hydrazine groups is 1. The maximum Gasteiger partial charge on any atom is 0.221 e. The molecule has 82 valence electrons. The monoisotopic (exact) mass is 208 g/mol. The number of nitrogens with zero attached hydrogens (tertiary/aromatic N) is 1. The summed E-state index contributed by atoms with van der Waals surface area (Å²) in [5, 5.41) is 1.83. The Morgan fingerprint density at radius 1 is 1.40 bits per heavy atom. The van der Waals surface area contributed by atoms with Crippen molar-refractivity contribution in [2.24, 2.45) is 0 Å². The number of benzene rings is 1. The van der Waals surface area contributed by atoms with Gasteiger partial charge in [0.25, 0.3) is 0 Å². The average Bonchev–Trinajstić information content (AvgIpc) is 2.29. The van der Waals surface area contributed by atoms with Crippen LogP contribution < -0.4 is 10.2 Å². The van der Waals surface area contributed by atoms with E-state index >= 15 is 0 Å². The Morgan fingerprint density at radius 3 is 2.53 bits per heavy atom. The summed E-state index contributed by atoms with van der Waals surface area (Å²) in [5.41, 5.74) is 3.76. The molecule has 1 N–H and O–H groups in total. The highest BCUT2D eigenvalue weighted by Crippen LogP contribution is 2.12. The van der Waals surface area contributed by atoms with E-state index in [0.717, 1.165) is 17.9 Å². The van der Waals surface area contributed by atoms with Crippen LogP contribution in [0.3, 0.4) is 0 Å². The first-order chi connectivity index (χ1) is 7.30. The number of nitrogens with one attached hydrogen (secondary N) is 1. The quantitative estimate of drug-likeness (QED) is 0.564. The van der Waals surface area contributed by atoms with Crippen molar-refractivity contribution < 1.29 is 9.53 Å². The van der Waals surface area contributed by atoms with Crippen molar-refractivity contribution in [2.45, 2.75) is 13.5 Å². The van der Waals surface area contributed by atoms with E-state index in [1.54, 1.807) is 7.11 Å². The average molecular weight is 208 g/mol. The number of carbonyl (C=O) groups is 1. The van der Waals surface area contributed by atoms with Gasteiger partial charge in [0.15, 0.2) is 0 Å². The number of amides is 1. The zero-order valence-electron chi connectivity index (χ0n) is 9.06. The van der Waals surface area contributed by atoms with Gasteiger partial charge in [-0.15, -0.1) is 0 Å². The van der Waals surface area contributed by atoms with Gasteiger partial charge in [0.1, 0.15) is 5.75 Å². The highest BCUT2D eigenvalue weighted by atomic mass is 16.5. The molecule has 0 saturated heterocycles.